The summed E-state index contributed by atoms with van der Waals surface area (Å²) in [5, 5.41) is 4.92. The Hall–Kier alpha value is -2.32. The fourth-order valence-electron chi connectivity index (χ4n) is 3.06. The van der Waals surface area contributed by atoms with E-state index in [0.29, 0.717) is 5.88 Å². The van der Waals surface area contributed by atoms with E-state index in [2.05, 4.69) is 36.4 Å². The van der Waals surface area contributed by atoms with Crippen LogP contribution in [-0.4, -0.2) is 28.7 Å². The Morgan fingerprint density at radius 3 is 2.93 bits per heavy atom. The van der Waals surface area contributed by atoms with Gasteiger partial charge >= 0.3 is 0 Å². The first-order valence-electron chi connectivity index (χ1n) is 8.66. The summed E-state index contributed by atoms with van der Waals surface area (Å²) in [7, 11) is 0. The summed E-state index contributed by atoms with van der Waals surface area (Å²) < 4.78 is 6.68. The summed E-state index contributed by atoms with van der Waals surface area (Å²) in [4.78, 5) is 22.9. The summed E-state index contributed by atoms with van der Waals surface area (Å²) in [6.07, 6.45) is 7.55. The molecular weight excluding hydrogens is 428 g/mol. The molecule has 1 N–H and O–H groups in total. The third-order valence-electron chi connectivity index (χ3n) is 4.33. The summed E-state index contributed by atoms with van der Waals surface area (Å²) in [6.45, 7) is -0.144. The van der Waals surface area contributed by atoms with Crippen LogP contribution >= 0.6 is 27.3 Å². The van der Waals surface area contributed by atoms with Crippen LogP contribution in [0.1, 0.15) is 28.8 Å². The minimum Gasteiger partial charge on any atom is -0.467 e. The number of carbonyl (C=O) groups is 1. The van der Waals surface area contributed by atoms with Crippen LogP contribution < -0.4 is 10.2 Å². The smallest absolute Gasteiger partial charge is 0.278 e. The van der Waals surface area contributed by atoms with Crippen LogP contribution in [0.15, 0.2) is 40.2 Å². The maximum absolute atomic E-state index is 12.0. The lowest BCUT2D eigenvalue weighted by molar-refractivity contribution is -0.123. The Morgan fingerprint density at radius 1 is 1.26 bits per heavy atom. The second-order valence-electron chi connectivity index (χ2n) is 6.20. The fourth-order valence-corrected chi connectivity index (χ4v) is 4.55. The van der Waals surface area contributed by atoms with Crippen LogP contribution in [0.25, 0.3) is 10.2 Å². The number of nitrogens with zero attached hydrogens (tertiary/aromatic N) is 3. The highest BCUT2D eigenvalue weighted by Crippen LogP contribution is 2.38. The minimum atomic E-state index is -0.334. The number of hydrogen-bond acceptors (Lipinski definition) is 6. The molecule has 0 atom stereocenters. The number of fused-ring (bicyclic) bond motifs is 3. The molecule has 0 saturated carbocycles. The third kappa shape index (κ3) is 4.17. The molecule has 3 aromatic rings. The molecule has 138 valence electrons. The van der Waals surface area contributed by atoms with Crippen molar-refractivity contribution < 1.29 is 9.53 Å². The van der Waals surface area contributed by atoms with E-state index in [-0.39, 0.29) is 12.5 Å². The molecule has 6 nitrogen and oxygen atoms in total. The van der Waals surface area contributed by atoms with Crippen molar-refractivity contribution in [3.8, 4) is 5.88 Å². The van der Waals surface area contributed by atoms with Gasteiger partial charge in [0, 0.05) is 9.35 Å². The van der Waals surface area contributed by atoms with Gasteiger partial charge in [-0.2, -0.15) is 5.10 Å². The molecular formula is C19H17BrN4O2S. The molecule has 1 aliphatic rings. The van der Waals surface area contributed by atoms with E-state index >= 15 is 0 Å². The lowest BCUT2D eigenvalue weighted by atomic mass is 9.97. The lowest BCUT2D eigenvalue weighted by Gasteiger charge is -2.11. The molecule has 0 aliphatic heterocycles. The molecule has 0 fully saturated rings. The van der Waals surface area contributed by atoms with Crippen LogP contribution in [0.4, 0.5) is 0 Å². The van der Waals surface area contributed by atoms with Crippen molar-refractivity contribution in [2.45, 2.75) is 25.7 Å². The van der Waals surface area contributed by atoms with Crippen molar-refractivity contribution in [3.63, 3.8) is 0 Å². The highest BCUT2D eigenvalue weighted by molar-refractivity contribution is 9.10. The number of aromatic nitrogens is 2. The number of hydrazone groups is 1. The second kappa shape index (κ2) is 8.14. The molecule has 8 heteroatoms. The predicted octanol–water partition coefficient (Wildman–Crippen LogP) is 3.86. The third-order valence-corrected chi connectivity index (χ3v) is 6.06. The number of halogens is 1. The number of rotatable bonds is 5. The molecule has 1 amide bonds. The zero-order valence-electron chi connectivity index (χ0n) is 14.4. The molecule has 0 radical (unpaired) electrons. The van der Waals surface area contributed by atoms with Crippen LogP contribution in [0.3, 0.4) is 0 Å². The number of thiophene rings is 1. The van der Waals surface area contributed by atoms with Gasteiger partial charge in [-0.25, -0.2) is 15.4 Å². The van der Waals surface area contributed by atoms with E-state index < -0.39 is 0 Å². The summed E-state index contributed by atoms with van der Waals surface area (Å²) >= 11 is 5.08. The zero-order chi connectivity index (χ0) is 18.6. The standard InChI is InChI=1S/C19H17BrN4O2S/c20-13-7-5-12(6-8-13)9-23-24-16(25)10-26-18-17-14-3-1-2-4-15(14)27-19(17)22-11-21-18/h5-9,11H,1-4,10H2,(H,24,25). The lowest BCUT2D eigenvalue weighted by Crippen LogP contribution is -2.25. The van der Waals surface area contributed by atoms with Crippen LogP contribution in [0.2, 0.25) is 0 Å². The first kappa shape index (κ1) is 18.1. The molecule has 0 bridgehead atoms. The summed E-state index contributed by atoms with van der Waals surface area (Å²) in [5.41, 5.74) is 4.65. The number of benzene rings is 1. The van der Waals surface area contributed by atoms with Gasteiger partial charge < -0.3 is 4.74 Å². The number of carbonyl (C=O) groups excluding carboxylic acids is 1. The maximum Gasteiger partial charge on any atom is 0.278 e. The average molecular weight is 445 g/mol. The summed E-state index contributed by atoms with van der Waals surface area (Å²) in [5.74, 6) is 0.144. The van der Waals surface area contributed by atoms with Gasteiger partial charge in [0.25, 0.3) is 5.91 Å². The normalized spacial score (nSPS) is 13.7. The molecule has 2 aromatic heterocycles. The Bertz CT molecular complexity index is 1000. The predicted molar refractivity (Wildman–Crippen MR) is 109 cm³/mol. The SMILES string of the molecule is O=C(COc1ncnc2sc3c(c12)CCCC3)NN=Cc1ccc(Br)cc1. The van der Waals surface area contributed by atoms with E-state index in [0.717, 1.165) is 33.1 Å². The van der Waals surface area contributed by atoms with Crippen molar-refractivity contribution in [1.29, 1.82) is 0 Å². The highest BCUT2D eigenvalue weighted by Gasteiger charge is 2.20. The van der Waals surface area contributed by atoms with Gasteiger partial charge in [-0.3, -0.25) is 4.79 Å². The summed E-state index contributed by atoms with van der Waals surface area (Å²) in [6, 6.07) is 7.61. The largest absolute Gasteiger partial charge is 0.467 e. The van der Waals surface area contributed by atoms with E-state index in [4.69, 9.17) is 4.74 Å². The van der Waals surface area contributed by atoms with Crippen LogP contribution in [0.5, 0.6) is 5.88 Å². The molecule has 27 heavy (non-hydrogen) atoms. The van der Waals surface area contributed by atoms with Gasteiger partial charge in [-0.1, -0.05) is 28.1 Å². The minimum absolute atomic E-state index is 0.144. The zero-order valence-corrected chi connectivity index (χ0v) is 16.8. The van der Waals surface area contributed by atoms with Gasteiger partial charge in [0.15, 0.2) is 6.61 Å². The molecule has 0 unspecified atom stereocenters. The highest BCUT2D eigenvalue weighted by atomic mass is 79.9. The quantitative estimate of drug-likeness (QED) is 0.478. The van der Waals surface area contributed by atoms with Gasteiger partial charge in [-0.15, -0.1) is 11.3 Å². The number of amides is 1. The first-order chi connectivity index (χ1) is 13.2. The van der Waals surface area contributed by atoms with Crippen molar-refractivity contribution >= 4 is 49.6 Å². The van der Waals surface area contributed by atoms with Crippen molar-refractivity contribution in [3.05, 3.63) is 51.1 Å². The average Bonchev–Trinajstić information content (AvgIpc) is 3.07. The molecule has 2 heterocycles. The fraction of sp³-hybridized carbons (Fsp3) is 0.263. The van der Waals surface area contributed by atoms with Crippen LogP contribution in [0, 0.1) is 0 Å². The molecule has 1 aromatic carbocycles. The second-order valence-corrected chi connectivity index (χ2v) is 8.20. The molecule has 1 aliphatic carbocycles. The van der Waals surface area contributed by atoms with Gasteiger partial charge in [0.1, 0.15) is 11.2 Å². The van der Waals surface area contributed by atoms with Gasteiger partial charge in [0.05, 0.1) is 11.6 Å². The van der Waals surface area contributed by atoms with E-state index in [1.165, 1.54) is 29.6 Å². The monoisotopic (exact) mass is 444 g/mol. The van der Waals surface area contributed by atoms with Crippen molar-refractivity contribution in [2.24, 2.45) is 5.10 Å². The van der Waals surface area contributed by atoms with E-state index in [1.807, 2.05) is 24.3 Å². The van der Waals surface area contributed by atoms with E-state index in [9.17, 15) is 4.79 Å². The Morgan fingerprint density at radius 2 is 2.07 bits per heavy atom. The van der Waals surface area contributed by atoms with Gasteiger partial charge in [0.2, 0.25) is 5.88 Å². The molecule has 0 spiro atoms. The number of ether oxygens (including phenoxy) is 1. The number of aryl methyl sites for hydroxylation is 2. The number of nitrogens with one attached hydrogen (secondary N) is 1. The van der Waals surface area contributed by atoms with Crippen LogP contribution in [-0.2, 0) is 17.6 Å². The molecule has 4 rings (SSSR count). The topological polar surface area (TPSA) is 76.5 Å². The molecule has 0 saturated heterocycles. The van der Waals surface area contributed by atoms with Gasteiger partial charge in [-0.05, 0) is 48.9 Å². The Balaban J connectivity index is 1.40. The van der Waals surface area contributed by atoms with Crippen molar-refractivity contribution in [1.82, 2.24) is 15.4 Å². The Kier molecular flexibility index (Phi) is 5.45. The van der Waals surface area contributed by atoms with E-state index in [1.54, 1.807) is 17.6 Å². The number of hydrogen-bond donors (Lipinski definition) is 1. The Labute approximate surface area is 168 Å². The maximum atomic E-state index is 12.0. The first-order valence-corrected chi connectivity index (χ1v) is 10.3. The van der Waals surface area contributed by atoms with Crippen molar-refractivity contribution in [2.75, 3.05) is 6.61 Å².